The average Bonchev–Trinajstić information content (AvgIpc) is 2.38. The van der Waals surface area contributed by atoms with Crippen LogP contribution in [0, 0.1) is 6.92 Å². The molecule has 1 aromatic heterocycles. The molecule has 2 nitrogen and oxygen atoms in total. The van der Waals surface area contributed by atoms with Crippen molar-refractivity contribution in [2.24, 2.45) is 5.73 Å². The molecular formula is C15H15F3N2. The van der Waals surface area contributed by atoms with Gasteiger partial charge in [0.25, 0.3) is 0 Å². The van der Waals surface area contributed by atoms with Gasteiger partial charge in [0.15, 0.2) is 0 Å². The maximum atomic E-state index is 12.6. The molecule has 0 bridgehead atoms. The van der Waals surface area contributed by atoms with Crippen molar-refractivity contribution in [2.75, 3.05) is 0 Å². The van der Waals surface area contributed by atoms with Crippen molar-refractivity contribution in [2.45, 2.75) is 25.6 Å². The highest BCUT2D eigenvalue weighted by molar-refractivity contribution is 5.35. The third-order valence-corrected chi connectivity index (χ3v) is 3.20. The van der Waals surface area contributed by atoms with E-state index in [2.05, 4.69) is 4.98 Å². The van der Waals surface area contributed by atoms with E-state index in [1.807, 2.05) is 12.1 Å². The van der Waals surface area contributed by atoms with E-state index in [1.165, 1.54) is 6.07 Å². The Kier molecular flexibility index (Phi) is 4.09. The summed E-state index contributed by atoms with van der Waals surface area (Å²) in [6.45, 7) is 1.65. The molecular weight excluding hydrogens is 265 g/mol. The Morgan fingerprint density at radius 1 is 1.15 bits per heavy atom. The number of halogens is 3. The molecule has 20 heavy (non-hydrogen) atoms. The molecule has 5 heteroatoms. The van der Waals surface area contributed by atoms with Crippen LogP contribution in [0.4, 0.5) is 13.2 Å². The summed E-state index contributed by atoms with van der Waals surface area (Å²) in [4.78, 5) is 3.92. The van der Waals surface area contributed by atoms with Crippen molar-refractivity contribution in [3.63, 3.8) is 0 Å². The average molecular weight is 280 g/mol. The van der Waals surface area contributed by atoms with Crippen LogP contribution in [0.5, 0.6) is 0 Å². The van der Waals surface area contributed by atoms with E-state index in [0.717, 1.165) is 23.3 Å². The van der Waals surface area contributed by atoms with Gasteiger partial charge in [-0.15, -0.1) is 0 Å². The first-order valence-corrected chi connectivity index (χ1v) is 6.20. The lowest BCUT2D eigenvalue weighted by atomic mass is 9.95. The molecule has 106 valence electrons. The standard InChI is InChI=1S/C15H15F3N2/c1-10-8-12(15(16,17)18)2-3-13(10)14(19)9-11-4-6-20-7-5-11/h2-8,14H,9,19H2,1H3. The fraction of sp³-hybridized carbons (Fsp3) is 0.267. The maximum absolute atomic E-state index is 12.6. The first-order chi connectivity index (χ1) is 9.38. The highest BCUT2D eigenvalue weighted by Crippen LogP contribution is 2.31. The van der Waals surface area contributed by atoms with Crippen molar-refractivity contribution < 1.29 is 13.2 Å². The van der Waals surface area contributed by atoms with Crippen LogP contribution < -0.4 is 5.73 Å². The molecule has 0 saturated heterocycles. The summed E-state index contributed by atoms with van der Waals surface area (Å²) in [7, 11) is 0. The summed E-state index contributed by atoms with van der Waals surface area (Å²) in [6, 6.07) is 7.04. The van der Waals surface area contributed by atoms with Gasteiger partial charge in [-0.05, 0) is 54.3 Å². The highest BCUT2D eigenvalue weighted by Gasteiger charge is 2.30. The molecule has 0 aliphatic rings. The van der Waals surface area contributed by atoms with Crippen molar-refractivity contribution in [3.05, 3.63) is 65.0 Å². The number of hydrogen-bond donors (Lipinski definition) is 1. The predicted octanol–water partition coefficient (Wildman–Crippen LogP) is 3.65. The zero-order valence-electron chi connectivity index (χ0n) is 11.0. The molecule has 2 rings (SSSR count). The number of aryl methyl sites for hydroxylation is 1. The van der Waals surface area contributed by atoms with Crippen molar-refractivity contribution in [3.8, 4) is 0 Å². The first-order valence-electron chi connectivity index (χ1n) is 6.20. The van der Waals surface area contributed by atoms with E-state index >= 15 is 0 Å². The number of pyridine rings is 1. The Morgan fingerprint density at radius 2 is 1.80 bits per heavy atom. The Hall–Kier alpha value is -1.88. The minimum absolute atomic E-state index is 0.334. The molecule has 1 atom stereocenters. The topological polar surface area (TPSA) is 38.9 Å². The second-order valence-electron chi connectivity index (χ2n) is 4.74. The van der Waals surface area contributed by atoms with Gasteiger partial charge in [0, 0.05) is 18.4 Å². The number of rotatable bonds is 3. The van der Waals surface area contributed by atoms with Crippen LogP contribution in [-0.2, 0) is 12.6 Å². The zero-order chi connectivity index (χ0) is 14.8. The van der Waals surface area contributed by atoms with Crippen LogP contribution in [0.3, 0.4) is 0 Å². The molecule has 2 N–H and O–H groups in total. The van der Waals surface area contributed by atoms with E-state index in [9.17, 15) is 13.2 Å². The Bertz CT molecular complexity index is 579. The predicted molar refractivity (Wildman–Crippen MR) is 71.1 cm³/mol. The van der Waals surface area contributed by atoms with Gasteiger partial charge in [0.2, 0.25) is 0 Å². The number of nitrogens with zero attached hydrogens (tertiary/aromatic N) is 1. The SMILES string of the molecule is Cc1cc(C(F)(F)F)ccc1C(N)Cc1ccncc1. The summed E-state index contributed by atoms with van der Waals surface area (Å²) < 4.78 is 37.8. The molecule has 0 radical (unpaired) electrons. The van der Waals surface area contributed by atoms with E-state index in [0.29, 0.717) is 12.0 Å². The molecule has 0 spiro atoms. The lowest BCUT2D eigenvalue weighted by molar-refractivity contribution is -0.137. The van der Waals surface area contributed by atoms with Gasteiger partial charge in [0.05, 0.1) is 5.56 Å². The summed E-state index contributed by atoms with van der Waals surface area (Å²) in [5.41, 5.74) is 7.74. The minimum Gasteiger partial charge on any atom is -0.324 e. The highest BCUT2D eigenvalue weighted by atomic mass is 19.4. The lowest BCUT2D eigenvalue weighted by Gasteiger charge is -2.16. The van der Waals surface area contributed by atoms with Gasteiger partial charge in [0.1, 0.15) is 0 Å². The molecule has 1 unspecified atom stereocenters. The van der Waals surface area contributed by atoms with Crippen LogP contribution in [0.2, 0.25) is 0 Å². The molecule has 1 heterocycles. The van der Waals surface area contributed by atoms with Gasteiger partial charge in [-0.3, -0.25) is 4.98 Å². The van der Waals surface area contributed by atoms with Crippen LogP contribution in [-0.4, -0.2) is 4.98 Å². The fourth-order valence-corrected chi connectivity index (χ4v) is 2.15. The second kappa shape index (κ2) is 5.63. The van der Waals surface area contributed by atoms with Crippen LogP contribution in [0.15, 0.2) is 42.7 Å². The summed E-state index contributed by atoms with van der Waals surface area (Å²) in [5, 5.41) is 0. The van der Waals surface area contributed by atoms with Crippen LogP contribution in [0.25, 0.3) is 0 Å². The van der Waals surface area contributed by atoms with E-state index in [-0.39, 0.29) is 6.04 Å². The summed E-state index contributed by atoms with van der Waals surface area (Å²) >= 11 is 0. The molecule has 0 aliphatic carbocycles. The van der Waals surface area contributed by atoms with Crippen LogP contribution in [0.1, 0.15) is 28.3 Å². The van der Waals surface area contributed by atoms with Gasteiger partial charge in [-0.1, -0.05) is 6.07 Å². The van der Waals surface area contributed by atoms with Crippen molar-refractivity contribution in [1.29, 1.82) is 0 Å². The van der Waals surface area contributed by atoms with Crippen molar-refractivity contribution in [1.82, 2.24) is 4.98 Å². The zero-order valence-corrected chi connectivity index (χ0v) is 11.0. The smallest absolute Gasteiger partial charge is 0.324 e. The molecule has 0 aliphatic heterocycles. The third kappa shape index (κ3) is 3.36. The Labute approximate surface area is 115 Å². The minimum atomic E-state index is -4.32. The van der Waals surface area contributed by atoms with Gasteiger partial charge >= 0.3 is 6.18 Å². The normalized spacial score (nSPS) is 13.2. The quantitative estimate of drug-likeness (QED) is 0.932. The van der Waals surface area contributed by atoms with E-state index in [1.54, 1.807) is 19.3 Å². The molecule has 0 fully saturated rings. The third-order valence-electron chi connectivity index (χ3n) is 3.20. The first kappa shape index (κ1) is 14.5. The van der Waals surface area contributed by atoms with Gasteiger partial charge in [-0.2, -0.15) is 13.2 Å². The molecule has 0 amide bonds. The van der Waals surface area contributed by atoms with Gasteiger partial charge in [-0.25, -0.2) is 0 Å². The number of alkyl halides is 3. The summed E-state index contributed by atoms with van der Waals surface area (Å²) in [6.07, 6.45) is -0.420. The van der Waals surface area contributed by atoms with Crippen LogP contribution >= 0.6 is 0 Å². The van der Waals surface area contributed by atoms with E-state index < -0.39 is 11.7 Å². The number of nitrogens with two attached hydrogens (primary N) is 1. The largest absolute Gasteiger partial charge is 0.416 e. The fourth-order valence-electron chi connectivity index (χ4n) is 2.15. The molecule has 0 saturated carbocycles. The molecule has 1 aromatic carbocycles. The van der Waals surface area contributed by atoms with Crippen molar-refractivity contribution >= 4 is 0 Å². The lowest BCUT2D eigenvalue weighted by Crippen LogP contribution is -2.15. The number of benzene rings is 1. The second-order valence-corrected chi connectivity index (χ2v) is 4.74. The monoisotopic (exact) mass is 280 g/mol. The van der Waals surface area contributed by atoms with Gasteiger partial charge < -0.3 is 5.73 Å². The number of hydrogen-bond acceptors (Lipinski definition) is 2. The number of aromatic nitrogens is 1. The van der Waals surface area contributed by atoms with E-state index in [4.69, 9.17) is 5.73 Å². The summed E-state index contributed by atoms with van der Waals surface area (Å²) in [5.74, 6) is 0. The Morgan fingerprint density at radius 3 is 2.35 bits per heavy atom. The maximum Gasteiger partial charge on any atom is 0.416 e. The molecule has 2 aromatic rings. The Balaban J connectivity index is 2.21.